The largest absolute Gasteiger partial charge is 0.361 e. The Labute approximate surface area is 158 Å². The van der Waals surface area contributed by atoms with Gasteiger partial charge in [-0.05, 0) is 30.2 Å². The lowest BCUT2D eigenvalue weighted by Gasteiger charge is -2.38. The first-order valence-electron chi connectivity index (χ1n) is 8.69. The topological polar surface area (TPSA) is 32.3 Å². The van der Waals surface area contributed by atoms with Gasteiger partial charge in [0, 0.05) is 22.8 Å². The van der Waals surface area contributed by atoms with E-state index >= 15 is 0 Å². The van der Waals surface area contributed by atoms with E-state index < -0.39 is 0 Å². The molecule has 1 unspecified atom stereocenters. The summed E-state index contributed by atoms with van der Waals surface area (Å²) in [5, 5.41) is 4.15. The number of para-hydroxylation sites is 1. The minimum absolute atomic E-state index is 0.0280. The third-order valence-electron chi connectivity index (χ3n) is 4.71. The molecular formula is C22H19ClN2O. The Hall–Kier alpha value is -2.78. The quantitative estimate of drug-likeness (QED) is 0.696. The first-order chi connectivity index (χ1) is 12.7. The van der Waals surface area contributed by atoms with Gasteiger partial charge in [0.05, 0.1) is 5.56 Å². The van der Waals surface area contributed by atoms with Gasteiger partial charge in [-0.3, -0.25) is 4.79 Å². The highest BCUT2D eigenvalue weighted by atomic mass is 35.5. The Kier molecular flexibility index (Phi) is 4.63. The fraction of sp³-hybridized carbons (Fsp3) is 0.136. The molecule has 1 N–H and O–H groups in total. The second-order valence-corrected chi connectivity index (χ2v) is 6.76. The van der Waals surface area contributed by atoms with E-state index in [2.05, 4.69) is 17.4 Å². The summed E-state index contributed by atoms with van der Waals surface area (Å²) in [6.45, 7) is 0.611. The molecule has 0 spiro atoms. The van der Waals surface area contributed by atoms with E-state index in [1.165, 1.54) is 5.56 Å². The standard InChI is InChI=1S/C22H19ClN2O/c23-19-12-6-4-10-17(19)21-24-20-13-7-5-11-18(20)22(26)25(21)15-14-16-8-2-1-3-9-16/h1-13,21,24H,14-15H2. The van der Waals surface area contributed by atoms with Crippen molar-refractivity contribution >= 4 is 23.2 Å². The predicted molar refractivity (Wildman–Crippen MR) is 105 cm³/mol. The van der Waals surface area contributed by atoms with E-state index in [0.717, 1.165) is 17.7 Å². The molecule has 0 saturated carbocycles. The average molecular weight is 363 g/mol. The lowest BCUT2D eigenvalue weighted by atomic mass is 10.0. The van der Waals surface area contributed by atoms with Crippen LogP contribution in [0.4, 0.5) is 5.69 Å². The first kappa shape index (κ1) is 16.7. The summed E-state index contributed by atoms with van der Waals surface area (Å²) >= 11 is 6.44. The van der Waals surface area contributed by atoms with E-state index in [4.69, 9.17) is 11.6 Å². The Morgan fingerprint density at radius 1 is 0.885 bits per heavy atom. The second-order valence-electron chi connectivity index (χ2n) is 6.35. The molecule has 0 fully saturated rings. The van der Waals surface area contributed by atoms with Gasteiger partial charge < -0.3 is 10.2 Å². The summed E-state index contributed by atoms with van der Waals surface area (Å²) in [7, 11) is 0. The Balaban J connectivity index is 1.69. The normalized spacial score (nSPS) is 16.1. The van der Waals surface area contributed by atoms with E-state index in [1.807, 2.05) is 71.6 Å². The molecule has 130 valence electrons. The van der Waals surface area contributed by atoms with Crippen molar-refractivity contribution in [1.82, 2.24) is 4.90 Å². The molecule has 3 nitrogen and oxygen atoms in total. The number of anilines is 1. The number of hydrogen-bond acceptors (Lipinski definition) is 2. The van der Waals surface area contributed by atoms with Gasteiger partial charge in [0.15, 0.2) is 0 Å². The Morgan fingerprint density at radius 3 is 2.38 bits per heavy atom. The molecule has 1 aliphatic heterocycles. The third-order valence-corrected chi connectivity index (χ3v) is 5.05. The van der Waals surface area contributed by atoms with Crippen LogP contribution in [0, 0.1) is 0 Å². The van der Waals surface area contributed by atoms with Gasteiger partial charge in [-0.25, -0.2) is 0 Å². The number of halogens is 1. The number of carbonyl (C=O) groups is 1. The number of hydrogen-bond donors (Lipinski definition) is 1. The van der Waals surface area contributed by atoms with Crippen LogP contribution in [0.15, 0.2) is 78.9 Å². The maximum Gasteiger partial charge on any atom is 0.257 e. The molecule has 1 atom stereocenters. The summed E-state index contributed by atoms with van der Waals surface area (Å²) in [6.07, 6.45) is 0.506. The zero-order valence-corrected chi connectivity index (χ0v) is 15.0. The average Bonchev–Trinajstić information content (AvgIpc) is 2.68. The maximum absolute atomic E-state index is 13.2. The molecule has 0 aromatic heterocycles. The van der Waals surface area contributed by atoms with E-state index in [1.54, 1.807) is 0 Å². The van der Waals surface area contributed by atoms with Crippen LogP contribution < -0.4 is 5.32 Å². The minimum Gasteiger partial charge on any atom is -0.361 e. The molecule has 0 radical (unpaired) electrons. The predicted octanol–water partition coefficient (Wildman–Crippen LogP) is 5.15. The second kappa shape index (κ2) is 7.22. The number of nitrogens with one attached hydrogen (secondary N) is 1. The fourth-order valence-electron chi connectivity index (χ4n) is 3.36. The van der Waals surface area contributed by atoms with Crippen LogP contribution in [0.1, 0.15) is 27.7 Å². The van der Waals surface area contributed by atoms with Gasteiger partial charge in [-0.1, -0.05) is 72.3 Å². The summed E-state index contributed by atoms with van der Waals surface area (Å²) in [5.41, 5.74) is 3.66. The van der Waals surface area contributed by atoms with E-state index in [9.17, 15) is 4.79 Å². The molecule has 3 aromatic rings. The molecule has 0 bridgehead atoms. The smallest absolute Gasteiger partial charge is 0.257 e. The number of carbonyl (C=O) groups excluding carboxylic acids is 1. The van der Waals surface area contributed by atoms with Crippen LogP contribution in [0.5, 0.6) is 0 Å². The van der Waals surface area contributed by atoms with Crippen molar-refractivity contribution in [3.05, 3.63) is 101 Å². The van der Waals surface area contributed by atoms with E-state index in [-0.39, 0.29) is 12.1 Å². The van der Waals surface area contributed by atoms with Crippen molar-refractivity contribution in [3.8, 4) is 0 Å². The van der Waals surface area contributed by atoms with Crippen LogP contribution >= 0.6 is 11.6 Å². The van der Waals surface area contributed by atoms with Gasteiger partial charge in [0.2, 0.25) is 0 Å². The van der Waals surface area contributed by atoms with Gasteiger partial charge in [-0.15, -0.1) is 0 Å². The molecule has 26 heavy (non-hydrogen) atoms. The van der Waals surface area contributed by atoms with Crippen LogP contribution in [-0.4, -0.2) is 17.4 Å². The van der Waals surface area contributed by atoms with Crippen molar-refractivity contribution in [2.75, 3.05) is 11.9 Å². The monoisotopic (exact) mass is 362 g/mol. The first-order valence-corrected chi connectivity index (χ1v) is 9.07. The number of amides is 1. The highest BCUT2D eigenvalue weighted by Gasteiger charge is 2.33. The Morgan fingerprint density at radius 2 is 1.58 bits per heavy atom. The van der Waals surface area contributed by atoms with Crippen LogP contribution in [0.2, 0.25) is 5.02 Å². The zero-order chi connectivity index (χ0) is 17.9. The van der Waals surface area contributed by atoms with E-state index in [0.29, 0.717) is 17.1 Å². The molecule has 4 rings (SSSR count). The van der Waals surface area contributed by atoms with Gasteiger partial charge >= 0.3 is 0 Å². The number of fused-ring (bicyclic) bond motifs is 1. The van der Waals surface area contributed by atoms with Crippen molar-refractivity contribution in [3.63, 3.8) is 0 Å². The lowest BCUT2D eigenvalue weighted by Crippen LogP contribution is -2.44. The highest BCUT2D eigenvalue weighted by Crippen LogP contribution is 2.35. The SMILES string of the molecule is O=C1c2ccccc2NC(c2ccccc2Cl)N1CCc1ccccc1. The van der Waals surface area contributed by atoms with Crippen molar-refractivity contribution in [2.45, 2.75) is 12.6 Å². The summed E-state index contributed by atoms with van der Waals surface area (Å²) in [6, 6.07) is 25.5. The van der Waals surface area contributed by atoms with Crippen LogP contribution in [0.3, 0.4) is 0 Å². The van der Waals surface area contributed by atoms with Gasteiger partial charge in [0.25, 0.3) is 5.91 Å². The van der Waals surface area contributed by atoms with Gasteiger partial charge in [0.1, 0.15) is 6.17 Å². The van der Waals surface area contributed by atoms with Crippen molar-refractivity contribution in [2.24, 2.45) is 0 Å². The molecular weight excluding hydrogens is 344 g/mol. The van der Waals surface area contributed by atoms with Crippen LogP contribution in [0.25, 0.3) is 0 Å². The van der Waals surface area contributed by atoms with Crippen LogP contribution in [-0.2, 0) is 6.42 Å². The molecule has 4 heteroatoms. The van der Waals surface area contributed by atoms with Gasteiger partial charge in [-0.2, -0.15) is 0 Å². The molecule has 0 saturated heterocycles. The summed E-state index contributed by atoms with van der Waals surface area (Å²) < 4.78 is 0. The molecule has 1 aliphatic rings. The molecule has 0 aliphatic carbocycles. The van der Waals surface area contributed by atoms with Crippen molar-refractivity contribution in [1.29, 1.82) is 0 Å². The summed E-state index contributed by atoms with van der Waals surface area (Å²) in [5.74, 6) is 0.0280. The molecule has 1 heterocycles. The maximum atomic E-state index is 13.2. The molecule has 1 amide bonds. The number of benzene rings is 3. The third kappa shape index (κ3) is 3.18. The summed E-state index contributed by atoms with van der Waals surface area (Å²) in [4.78, 5) is 15.0. The fourth-order valence-corrected chi connectivity index (χ4v) is 3.60. The van der Waals surface area contributed by atoms with Crippen molar-refractivity contribution < 1.29 is 4.79 Å². The number of nitrogens with zero attached hydrogens (tertiary/aromatic N) is 1. The zero-order valence-electron chi connectivity index (χ0n) is 14.2. The molecule has 3 aromatic carbocycles. The Bertz CT molecular complexity index is 926. The highest BCUT2D eigenvalue weighted by molar-refractivity contribution is 6.31. The minimum atomic E-state index is -0.283. The lowest BCUT2D eigenvalue weighted by molar-refractivity contribution is 0.0685. The number of rotatable bonds is 4.